The first-order chi connectivity index (χ1) is 12.7. The maximum atomic E-state index is 11.1. The molecule has 1 aromatic carbocycles. The summed E-state index contributed by atoms with van der Waals surface area (Å²) in [6, 6.07) is 10.3. The second-order valence-electron chi connectivity index (χ2n) is 7.18. The monoisotopic (exact) mass is 362 g/mol. The van der Waals surface area contributed by atoms with Crippen LogP contribution in [0.1, 0.15) is 90.0 Å². The SMILES string of the molecule is CCCC[C@@H](CCCCCCCCCOCc1ccccc1)OC(C)=O. The van der Waals surface area contributed by atoms with E-state index in [9.17, 15) is 4.79 Å². The predicted octanol–water partition coefficient (Wildman–Crippen LogP) is 6.45. The number of carbonyl (C=O) groups is 1. The van der Waals surface area contributed by atoms with Crippen LogP contribution in [-0.4, -0.2) is 18.7 Å². The maximum absolute atomic E-state index is 11.1. The molecule has 0 aliphatic heterocycles. The lowest BCUT2D eigenvalue weighted by Gasteiger charge is -2.16. The van der Waals surface area contributed by atoms with Crippen LogP contribution in [0.4, 0.5) is 0 Å². The first-order valence-electron chi connectivity index (χ1n) is 10.5. The topological polar surface area (TPSA) is 35.5 Å². The maximum Gasteiger partial charge on any atom is 0.302 e. The van der Waals surface area contributed by atoms with Crippen LogP contribution in [0.3, 0.4) is 0 Å². The van der Waals surface area contributed by atoms with Crippen LogP contribution >= 0.6 is 0 Å². The summed E-state index contributed by atoms with van der Waals surface area (Å²) in [6.07, 6.45) is 13.2. The molecule has 0 amide bonds. The van der Waals surface area contributed by atoms with Gasteiger partial charge in [-0.1, -0.05) is 82.2 Å². The highest BCUT2D eigenvalue weighted by Crippen LogP contribution is 2.15. The van der Waals surface area contributed by atoms with Crippen LogP contribution in [0.15, 0.2) is 30.3 Å². The number of rotatable bonds is 16. The minimum atomic E-state index is -0.138. The van der Waals surface area contributed by atoms with E-state index in [4.69, 9.17) is 9.47 Å². The van der Waals surface area contributed by atoms with E-state index in [-0.39, 0.29) is 12.1 Å². The standard InChI is InChI=1S/C23H38O3/c1-3-4-17-23(26-21(2)24)18-13-8-6-5-7-9-14-19-25-20-22-15-11-10-12-16-22/h10-12,15-16,23H,3-9,13-14,17-20H2,1-2H3/t23-/m0/s1. The van der Waals surface area contributed by atoms with Crippen LogP contribution in [0, 0.1) is 0 Å². The average molecular weight is 363 g/mol. The molecule has 1 atom stereocenters. The molecule has 1 aromatic rings. The summed E-state index contributed by atoms with van der Waals surface area (Å²) < 4.78 is 11.1. The van der Waals surface area contributed by atoms with Crippen molar-refractivity contribution in [3.05, 3.63) is 35.9 Å². The zero-order valence-corrected chi connectivity index (χ0v) is 16.9. The smallest absolute Gasteiger partial charge is 0.302 e. The van der Waals surface area contributed by atoms with Crippen molar-refractivity contribution in [2.75, 3.05) is 6.61 Å². The van der Waals surface area contributed by atoms with Crippen molar-refractivity contribution in [1.29, 1.82) is 0 Å². The molecule has 148 valence electrons. The van der Waals surface area contributed by atoms with Gasteiger partial charge in [0.15, 0.2) is 0 Å². The summed E-state index contributed by atoms with van der Waals surface area (Å²) in [5, 5.41) is 0. The molecule has 0 unspecified atom stereocenters. The van der Waals surface area contributed by atoms with Crippen LogP contribution in [0.2, 0.25) is 0 Å². The van der Waals surface area contributed by atoms with E-state index in [0.717, 1.165) is 45.3 Å². The molecule has 0 saturated carbocycles. The Labute approximate surface area is 160 Å². The minimum Gasteiger partial charge on any atom is -0.463 e. The van der Waals surface area contributed by atoms with Crippen molar-refractivity contribution in [2.45, 2.75) is 97.2 Å². The molecule has 0 bridgehead atoms. The van der Waals surface area contributed by atoms with Crippen molar-refractivity contribution >= 4 is 5.97 Å². The number of hydrogen-bond acceptors (Lipinski definition) is 3. The van der Waals surface area contributed by atoms with E-state index < -0.39 is 0 Å². The Balaban J connectivity index is 1.89. The molecular formula is C23H38O3. The third-order valence-electron chi connectivity index (χ3n) is 4.64. The molecule has 26 heavy (non-hydrogen) atoms. The zero-order chi connectivity index (χ0) is 18.9. The highest BCUT2D eigenvalue weighted by atomic mass is 16.5. The first kappa shape index (κ1) is 22.7. The van der Waals surface area contributed by atoms with Crippen molar-refractivity contribution in [3.63, 3.8) is 0 Å². The molecule has 0 N–H and O–H groups in total. The molecule has 0 spiro atoms. The molecule has 0 heterocycles. The highest BCUT2D eigenvalue weighted by molar-refractivity contribution is 5.66. The van der Waals surface area contributed by atoms with Gasteiger partial charge in [0.1, 0.15) is 6.10 Å². The first-order valence-corrected chi connectivity index (χ1v) is 10.5. The summed E-state index contributed by atoms with van der Waals surface area (Å²) in [7, 11) is 0. The largest absolute Gasteiger partial charge is 0.463 e. The van der Waals surface area contributed by atoms with Crippen LogP contribution in [0.5, 0.6) is 0 Å². The fourth-order valence-corrected chi connectivity index (χ4v) is 3.15. The Morgan fingerprint density at radius 1 is 0.885 bits per heavy atom. The van der Waals surface area contributed by atoms with Gasteiger partial charge < -0.3 is 9.47 Å². The Bertz CT molecular complexity index is 444. The lowest BCUT2D eigenvalue weighted by atomic mass is 10.0. The molecule has 3 nitrogen and oxygen atoms in total. The lowest BCUT2D eigenvalue weighted by molar-refractivity contribution is -0.147. The van der Waals surface area contributed by atoms with Crippen LogP contribution in [-0.2, 0) is 20.9 Å². The number of unbranched alkanes of at least 4 members (excludes halogenated alkanes) is 7. The molecule has 0 aromatic heterocycles. The third kappa shape index (κ3) is 12.9. The number of benzene rings is 1. The van der Waals surface area contributed by atoms with Crippen LogP contribution in [0.25, 0.3) is 0 Å². The molecule has 0 aliphatic rings. The van der Waals surface area contributed by atoms with E-state index in [0.29, 0.717) is 0 Å². The van der Waals surface area contributed by atoms with Gasteiger partial charge in [0.05, 0.1) is 6.61 Å². The van der Waals surface area contributed by atoms with E-state index in [1.807, 2.05) is 6.07 Å². The molecule has 0 aliphatic carbocycles. The Hall–Kier alpha value is -1.35. The minimum absolute atomic E-state index is 0.134. The van der Waals surface area contributed by atoms with Gasteiger partial charge >= 0.3 is 5.97 Å². The van der Waals surface area contributed by atoms with Gasteiger partial charge in [-0.15, -0.1) is 0 Å². The number of carbonyl (C=O) groups excluding carboxylic acids is 1. The van der Waals surface area contributed by atoms with E-state index in [1.54, 1.807) is 0 Å². The summed E-state index contributed by atoms with van der Waals surface area (Å²) in [4.78, 5) is 11.1. The summed E-state index contributed by atoms with van der Waals surface area (Å²) in [6.45, 7) is 5.28. The summed E-state index contributed by atoms with van der Waals surface area (Å²) >= 11 is 0. The highest BCUT2D eigenvalue weighted by Gasteiger charge is 2.10. The van der Waals surface area contributed by atoms with Gasteiger partial charge in [0, 0.05) is 13.5 Å². The van der Waals surface area contributed by atoms with Gasteiger partial charge in [-0.3, -0.25) is 4.79 Å². The number of hydrogen-bond donors (Lipinski definition) is 0. The predicted molar refractivity (Wildman–Crippen MR) is 108 cm³/mol. The van der Waals surface area contributed by atoms with Gasteiger partial charge in [-0.2, -0.15) is 0 Å². The second-order valence-corrected chi connectivity index (χ2v) is 7.18. The fourth-order valence-electron chi connectivity index (χ4n) is 3.15. The molecule has 0 saturated heterocycles. The van der Waals surface area contributed by atoms with E-state index in [2.05, 4.69) is 31.2 Å². The van der Waals surface area contributed by atoms with Gasteiger partial charge in [-0.05, 0) is 31.2 Å². The van der Waals surface area contributed by atoms with E-state index in [1.165, 1.54) is 51.0 Å². The van der Waals surface area contributed by atoms with Gasteiger partial charge in [0.2, 0.25) is 0 Å². The van der Waals surface area contributed by atoms with E-state index >= 15 is 0 Å². The number of esters is 1. The normalized spacial score (nSPS) is 12.1. The number of ether oxygens (including phenoxy) is 2. The third-order valence-corrected chi connectivity index (χ3v) is 4.64. The summed E-state index contributed by atoms with van der Waals surface area (Å²) in [5.74, 6) is -0.138. The quantitative estimate of drug-likeness (QED) is 0.250. The van der Waals surface area contributed by atoms with Gasteiger partial charge in [-0.25, -0.2) is 0 Å². The Morgan fingerprint density at radius 2 is 1.50 bits per heavy atom. The van der Waals surface area contributed by atoms with Crippen molar-refractivity contribution in [3.8, 4) is 0 Å². The molecule has 1 rings (SSSR count). The molecular weight excluding hydrogens is 324 g/mol. The second kappa shape index (κ2) is 15.9. The average Bonchev–Trinajstić information content (AvgIpc) is 2.64. The Kier molecular flexibility index (Phi) is 13.8. The van der Waals surface area contributed by atoms with Crippen molar-refractivity contribution in [1.82, 2.24) is 0 Å². The van der Waals surface area contributed by atoms with Crippen LogP contribution < -0.4 is 0 Å². The Morgan fingerprint density at radius 3 is 2.15 bits per heavy atom. The molecule has 0 fully saturated rings. The molecule has 0 radical (unpaired) electrons. The zero-order valence-electron chi connectivity index (χ0n) is 16.9. The van der Waals surface area contributed by atoms with Crippen molar-refractivity contribution < 1.29 is 14.3 Å². The fraction of sp³-hybridized carbons (Fsp3) is 0.696. The summed E-state index contributed by atoms with van der Waals surface area (Å²) in [5.41, 5.74) is 1.25. The lowest BCUT2D eigenvalue weighted by Crippen LogP contribution is -2.16. The van der Waals surface area contributed by atoms with Crippen molar-refractivity contribution in [2.24, 2.45) is 0 Å². The molecule has 3 heteroatoms. The van der Waals surface area contributed by atoms with Gasteiger partial charge in [0.25, 0.3) is 0 Å².